The molecule has 0 aromatic heterocycles. The van der Waals surface area contributed by atoms with Gasteiger partial charge in [0.15, 0.2) is 11.6 Å². The van der Waals surface area contributed by atoms with Crippen molar-refractivity contribution in [3.63, 3.8) is 0 Å². The van der Waals surface area contributed by atoms with Gasteiger partial charge in [-0.05, 0) is 0 Å². The average molecular weight is 234 g/mol. The van der Waals surface area contributed by atoms with Gasteiger partial charge in [0.2, 0.25) is 11.6 Å². The summed E-state index contributed by atoms with van der Waals surface area (Å²) in [5.74, 6) is -8.74. The summed E-state index contributed by atoms with van der Waals surface area (Å²) in [7, 11) is -2.45. The number of rotatable bonds is 2. The molecule has 0 radical (unpaired) electrons. The Bertz CT molecular complexity index is 363. The van der Waals surface area contributed by atoms with Crippen molar-refractivity contribution in [3.8, 4) is 5.75 Å². The van der Waals surface area contributed by atoms with E-state index in [-0.39, 0.29) is 35.6 Å². The van der Waals surface area contributed by atoms with E-state index in [9.17, 15) is 17.6 Å². The number of halogens is 4. The predicted molar refractivity (Wildman–Crippen MR) is 44.2 cm³/mol. The van der Waals surface area contributed by atoms with Crippen molar-refractivity contribution >= 4 is 36.9 Å². The number of hydrogen-bond donors (Lipinski definition) is 2. The monoisotopic (exact) mass is 234 g/mol. The maximum absolute atomic E-state index is 12.7. The molecule has 2 N–H and O–H groups in total. The van der Waals surface area contributed by atoms with Crippen LogP contribution in [-0.2, 0) is 0 Å². The van der Waals surface area contributed by atoms with Crippen LogP contribution in [0.5, 0.6) is 5.75 Å². The molecule has 0 aliphatic rings. The number of hydrogen-bond acceptors (Lipinski definition) is 3. The van der Waals surface area contributed by atoms with Crippen LogP contribution in [-0.4, -0.2) is 46.9 Å². The van der Waals surface area contributed by atoms with Gasteiger partial charge in [0.1, 0.15) is 5.75 Å². The first-order valence-electron chi connectivity index (χ1n) is 3.29. The summed E-state index contributed by atoms with van der Waals surface area (Å²) in [6, 6.07) is 0.160. The Balaban J connectivity index is 0.00000196. The van der Waals surface area contributed by atoms with E-state index in [0.29, 0.717) is 0 Å². The van der Waals surface area contributed by atoms with Crippen LogP contribution in [0.3, 0.4) is 0 Å². The molecule has 1 aromatic carbocycles. The minimum absolute atomic E-state index is 0. The summed E-state index contributed by atoms with van der Waals surface area (Å²) >= 11 is 0. The van der Waals surface area contributed by atoms with E-state index in [1.807, 2.05) is 0 Å². The van der Waals surface area contributed by atoms with Crippen molar-refractivity contribution in [1.82, 2.24) is 0 Å². The van der Waals surface area contributed by atoms with Crippen LogP contribution in [0.15, 0.2) is 6.07 Å². The SMILES string of the molecule is OB(O)Oc1cc(F)c(F)c(F)c1F.[NaH]. The minimum atomic E-state index is -2.45. The second-order valence-electron chi connectivity index (χ2n) is 2.24. The molecule has 0 heterocycles. The molecule has 9 heteroatoms. The molecule has 0 aliphatic carbocycles. The molecular weight excluding hydrogens is 230 g/mol. The summed E-state index contributed by atoms with van der Waals surface area (Å²) in [6.07, 6.45) is 0. The Morgan fingerprint density at radius 3 is 2.00 bits per heavy atom. The molecule has 1 aromatic rings. The molecular formula is C6H4BF4NaO3. The Labute approximate surface area is 104 Å². The fourth-order valence-electron chi connectivity index (χ4n) is 0.750. The molecule has 0 saturated heterocycles. The van der Waals surface area contributed by atoms with Crippen molar-refractivity contribution in [2.75, 3.05) is 0 Å². The van der Waals surface area contributed by atoms with Gasteiger partial charge < -0.3 is 14.7 Å². The van der Waals surface area contributed by atoms with Gasteiger partial charge in [-0.15, -0.1) is 0 Å². The van der Waals surface area contributed by atoms with E-state index in [0.717, 1.165) is 0 Å². The van der Waals surface area contributed by atoms with Gasteiger partial charge in [-0.3, -0.25) is 0 Å². The van der Waals surface area contributed by atoms with Crippen LogP contribution >= 0.6 is 0 Å². The molecule has 15 heavy (non-hydrogen) atoms. The standard InChI is InChI=1S/C6H3BF4O3.Na.H/c8-2-1-3(14-7(12)13)5(10)6(11)4(2)9;;/h1,12-13H;;. The van der Waals surface area contributed by atoms with E-state index in [4.69, 9.17) is 10.0 Å². The van der Waals surface area contributed by atoms with E-state index in [1.165, 1.54) is 0 Å². The maximum atomic E-state index is 12.7. The summed E-state index contributed by atoms with van der Waals surface area (Å²) in [4.78, 5) is 0. The molecule has 0 amide bonds. The Morgan fingerprint density at radius 2 is 1.53 bits per heavy atom. The molecule has 0 atom stereocenters. The fraction of sp³-hybridized carbons (Fsp3) is 0. The van der Waals surface area contributed by atoms with E-state index in [1.54, 1.807) is 0 Å². The number of benzene rings is 1. The molecule has 0 aliphatic heterocycles. The first-order valence-corrected chi connectivity index (χ1v) is 3.29. The first-order chi connectivity index (χ1) is 6.43. The molecule has 3 nitrogen and oxygen atoms in total. The van der Waals surface area contributed by atoms with Gasteiger partial charge in [-0.25, -0.2) is 13.2 Å². The van der Waals surface area contributed by atoms with Crippen LogP contribution in [0.25, 0.3) is 0 Å². The van der Waals surface area contributed by atoms with Gasteiger partial charge >= 0.3 is 36.9 Å². The van der Waals surface area contributed by atoms with Crippen LogP contribution < -0.4 is 4.65 Å². The van der Waals surface area contributed by atoms with Crippen LogP contribution in [0.4, 0.5) is 17.6 Å². The zero-order valence-electron chi connectivity index (χ0n) is 6.47. The third-order valence-electron chi connectivity index (χ3n) is 1.30. The molecule has 0 spiro atoms. The van der Waals surface area contributed by atoms with Crippen LogP contribution in [0.1, 0.15) is 0 Å². The van der Waals surface area contributed by atoms with Crippen LogP contribution in [0, 0.1) is 23.3 Å². The Morgan fingerprint density at radius 1 is 1.00 bits per heavy atom. The topological polar surface area (TPSA) is 49.7 Å². The molecule has 0 unspecified atom stereocenters. The summed E-state index contributed by atoms with van der Waals surface area (Å²) in [6.45, 7) is 0. The van der Waals surface area contributed by atoms with Crippen molar-refractivity contribution < 1.29 is 32.3 Å². The second-order valence-corrected chi connectivity index (χ2v) is 2.24. The quantitative estimate of drug-likeness (QED) is 0.326. The van der Waals surface area contributed by atoms with Gasteiger partial charge in [-0.2, -0.15) is 4.39 Å². The molecule has 0 bridgehead atoms. The Hall–Kier alpha value is -0.275. The van der Waals surface area contributed by atoms with Gasteiger partial charge in [0, 0.05) is 6.07 Å². The summed E-state index contributed by atoms with van der Waals surface area (Å²) in [5, 5.41) is 16.4. The first kappa shape index (κ1) is 14.7. The van der Waals surface area contributed by atoms with E-state index in [2.05, 4.69) is 4.65 Å². The fourth-order valence-corrected chi connectivity index (χ4v) is 0.750. The van der Waals surface area contributed by atoms with Crippen molar-refractivity contribution in [3.05, 3.63) is 29.3 Å². The van der Waals surface area contributed by atoms with Crippen molar-refractivity contribution in [2.45, 2.75) is 0 Å². The zero-order valence-corrected chi connectivity index (χ0v) is 6.47. The Kier molecular flexibility index (Phi) is 5.61. The predicted octanol–water partition coefficient (Wildman–Crippen LogP) is -0.0572. The molecule has 78 valence electrons. The third-order valence-corrected chi connectivity index (χ3v) is 1.30. The van der Waals surface area contributed by atoms with Gasteiger partial charge in [0.05, 0.1) is 0 Å². The molecule has 1 rings (SSSR count). The van der Waals surface area contributed by atoms with E-state index < -0.39 is 36.3 Å². The van der Waals surface area contributed by atoms with Crippen molar-refractivity contribution in [2.24, 2.45) is 0 Å². The zero-order chi connectivity index (χ0) is 10.9. The molecule has 0 saturated carbocycles. The van der Waals surface area contributed by atoms with Crippen molar-refractivity contribution in [1.29, 1.82) is 0 Å². The van der Waals surface area contributed by atoms with E-state index >= 15 is 0 Å². The third kappa shape index (κ3) is 3.35. The summed E-state index contributed by atoms with van der Waals surface area (Å²) < 4.78 is 53.8. The summed E-state index contributed by atoms with van der Waals surface area (Å²) in [5.41, 5.74) is 0. The second kappa shape index (κ2) is 5.71. The molecule has 0 fully saturated rings. The average Bonchev–Trinajstić information content (AvgIpc) is 2.10. The normalized spacial score (nSPS) is 9.47. The van der Waals surface area contributed by atoms with Gasteiger partial charge in [0.25, 0.3) is 0 Å². The van der Waals surface area contributed by atoms with Gasteiger partial charge in [-0.1, -0.05) is 0 Å². The van der Waals surface area contributed by atoms with Crippen LogP contribution in [0.2, 0.25) is 0 Å².